The summed E-state index contributed by atoms with van der Waals surface area (Å²) in [5.74, 6) is 0.203. The number of hydrogen-bond donors (Lipinski definition) is 0. The van der Waals surface area contributed by atoms with Gasteiger partial charge in [0.2, 0.25) is 5.91 Å². The second-order valence-corrected chi connectivity index (χ2v) is 6.73. The number of halogens is 1. The van der Waals surface area contributed by atoms with E-state index in [4.69, 9.17) is 16.3 Å². The highest BCUT2D eigenvalue weighted by atomic mass is 35.5. The standard InChI is InChI=1S/C20H21ClN2O3/c1-13-12-15(21)8-9-17(13)23-11-10-22(14(2)19(23)24)20(25)16-6-4-5-7-18(16)26-3/h4-9,12,14H,10-11H2,1-3H3/t14-/m0/s1. The van der Waals surface area contributed by atoms with Gasteiger partial charge in [0.05, 0.1) is 12.7 Å². The van der Waals surface area contributed by atoms with Crippen molar-refractivity contribution in [2.45, 2.75) is 19.9 Å². The summed E-state index contributed by atoms with van der Waals surface area (Å²) in [5.41, 5.74) is 2.23. The molecule has 1 fully saturated rings. The van der Waals surface area contributed by atoms with Crippen LogP contribution >= 0.6 is 11.6 Å². The Morgan fingerprint density at radius 1 is 1.19 bits per heavy atom. The van der Waals surface area contributed by atoms with E-state index in [1.807, 2.05) is 25.1 Å². The van der Waals surface area contributed by atoms with Crippen molar-refractivity contribution in [2.24, 2.45) is 0 Å². The molecule has 0 spiro atoms. The molecule has 1 saturated heterocycles. The summed E-state index contributed by atoms with van der Waals surface area (Å²) in [4.78, 5) is 29.2. The van der Waals surface area contributed by atoms with Crippen molar-refractivity contribution in [3.8, 4) is 5.75 Å². The molecule has 0 aliphatic carbocycles. The van der Waals surface area contributed by atoms with Crippen LogP contribution in [0.15, 0.2) is 42.5 Å². The van der Waals surface area contributed by atoms with Crippen LogP contribution in [-0.2, 0) is 4.79 Å². The van der Waals surface area contributed by atoms with Crippen LogP contribution in [0, 0.1) is 6.92 Å². The number of benzene rings is 2. The van der Waals surface area contributed by atoms with Gasteiger partial charge < -0.3 is 14.5 Å². The summed E-state index contributed by atoms with van der Waals surface area (Å²) >= 11 is 6.01. The second kappa shape index (κ2) is 7.38. The molecule has 2 aromatic rings. The molecule has 0 N–H and O–H groups in total. The van der Waals surface area contributed by atoms with Crippen LogP contribution in [0.25, 0.3) is 0 Å². The summed E-state index contributed by atoms with van der Waals surface area (Å²) in [6.45, 7) is 4.57. The van der Waals surface area contributed by atoms with Crippen molar-refractivity contribution in [3.63, 3.8) is 0 Å². The number of piperazine rings is 1. The normalized spacial score (nSPS) is 17.4. The lowest BCUT2D eigenvalue weighted by atomic mass is 10.1. The third-order valence-electron chi connectivity index (χ3n) is 4.70. The fourth-order valence-electron chi connectivity index (χ4n) is 3.28. The molecular formula is C20H21ClN2O3. The van der Waals surface area contributed by atoms with Gasteiger partial charge in [0, 0.05) is 23.8 Å². The quantitative estimate of drug-likeness (QED) is 0.828. The van der Waals surface area contributed by atoms with E-state index in [2.05, 4.69) is 0 Å². The van der Waals surface area contributed by atoms with E-state index < -0.39 is 6.04 Å². The number of nitrogens with zero attached hydrogens (tertiary/aromatic N) is 2. The van der Waals surface area contributed by atoms with Crippen molar-refractivity contribution >= 4 is 29.1 Å². The van der Waals surface area contributed by atoms with Gasteiger partial charge in [-0.1, -0.05) is 23.7 Å². The first-order chi connectivity index (χ1) is 12.4. The summed E-state index contributed by atoms with van der Waals surface area (Å²) in [6, 6.07) is 12.0. The third-order valence-corrected chi connectivity index (χ3v) is 4.94. The van der Waals surface area contributed by atoms with Gasteiger partial charge in [0.1, 0.15) is 11.8 Å². The van der Waals surface area contributed by atoms with E-state index in [1.165, 1.54) is 7.11 Å². The van der Waals surface area contributed by atoms with Gasteiger partial charge in [-0.2, -0.15) is 0 Å². The van der Waals surface area contributed by atoms with E-state index in [-0.39, 0.29) is 11.8 Å². The number of ether oxygens (including phenoxy) is 1. The Labute approximate surface area is 158 Å². The van der Waals surface area contributed by atoms with Crippen molar-refractivity contribution < 1.29 is 14.3 Å². The maximum absolute atomic E-state index is 12.9. The van der Waals surface area contributed by atoms with E-state index in [1.54, 1.807) is 41.0 Å². The van der Waals surface area contributed by atoms with Crippen LogP contribution in [-0.4, -0.2) is 43.0 Å². The number of carbonyl (C=O) groups is 2. The van der Waals surface area contributed by atoms with Gasteiger partial charge in [0.15, 0.2) is 0 Å². The molecule has 0 aromatic heterocycles. The zero-order valence-corrected chi connectivity index (χ0v) is 15.8. The molecule has 2 aromatic carbocycles. The Bertz CT molecular complexity index is 853. The number of para-hydroxylation sites is 1. The molecule has 1 aliphatic heterocycles. The van der Waals surface area contributed by atoms with Gasteiger partial charge in [-0.15, -0.1) is 0 Å². The first kappa shape index (κ1) is 18.3. The molecule has 5 nitrogen and oxygen atoms in total. The molecule has 1 heterocycles. The molecule has 2 amide bonds. The smallest absolute Gasteiger partial charge is 0.258 e. The number of aryl methyl sites for hydroxylation is 1. The van der Waals surface area contributed by atoms with Crippen molar-refractivity contribution in [1.82, 2.24) is 4.90 Å². The summed E-state index contributed by atoms with van der Waals surface area (Å²) < 4.78 is 5.28. The number of methoxy groups -OCH3 is 1. The number of anilines is 1. The number of amides is 2. The average Bonchev–Trinajstić information content (AvgIpc) is 2.64. The highest BCUT2D eigenvalue weighted by Crippen LogP contribution is 2.28. The van der Waals surface area contributed by atoms with Crippen molar-refractivity contribution in [3.05, 3.63) is 58.6 Å². The molecule has 1 atom stereocenters. The van der Waals surface area contributed by atoms with Crippen molar-refractivity contribution in [2.75, 3.05) is 25.1 Å². The third kappa shape index (κ3) is 3.27. The summed E-state index contributed by atoms with van der Waals surface area (Å²) in [5, 5.41) is 0.636. The van der Waals surface area contributed by atoms with Gasteiger partial charge in [-0.3, -0.25) is 9.59 Å². The predicted octanol–water partition coefficient (Wildman–Crippen LogP) is 3.53. The van der Waals surface area contributed by atoms with Crippen LogP contribution in [0.4, 0.5) is 5.69 Å². The van der Waals surface area contributed by atoms with Crippen LogP contribution in [0.1, 0.15) is 22.8 Å². The van der Waals surface area contributed by atoms with Crippen LogP contribution in [0.3, 0.4) is 0 Å². The Balaban J connectivity index is 1.85. The predicted molar refractivity (Wildman–Crippen MR) is 102 cm³/mol. The Morgan fingerprint density at radius 3 is 2.62 bits per heavy atom. The largest absolute Gasteiger partial charge is 0.496 e. The molecule has 0 unspecified atom stereocenters. The van der Waals surface area contributed by atoms with E-state index in [0.717, 1.165) is 11.3 Å². The zero-order chi connectivity index (χ0) is 18.8. The Hall–Kier alpha value is -2.53. The average molecular weight is 373 g/mol. The maximum atomic E-state index is 12.9. The minimum atomic E-state index is -0.559. The summed E-state index contributed by atoms with van der Waals surface area (Å²) in [7, 11) is 1.53. The molecular weight excluding hydrogens is 352 g/mol. The molecule has 136 valence electrons. The van der Waals surface area contributed by atoms with Crippen molar-refractivity contribution in [1.29, 1.82) is 0 Å². The zero-order valence-electron chi connectivity index (χ0n) is 15.0. The van der Waals surface area contributed by atoms with Crippen LogP contribution < -0.4 is 9.64 Å². The Kier molecular flexibility index (Phi) is 5.18. The topological polar surface area (TPSA) is 49.9 Å². The SMILES string of the molecule is COc1ccccc1C(=O)N1CCN(c2ccc(Cl)cc2C)C(=O)[C@@H]1C. The Morgan fingerprint density at radius 2 is 1.92 bits per heavy atom. The fraction of sp³-hybridized carbons (Fsp3) is 0.300. The number of carbonyl (C=O) groups excluding carboxylic acids is 2. The molecule has 26 heavy (non-hydrogen) atoms. The lowest BCUT2D eigenvalue weighted by molar-refractivity contribution is -0.124. The summed E-state index contributed by atoms with van der Waals surface area (Å²) in [6.07, 6.45) is 0. The van der Waals surface area contributed by atoms with Crippen LogP contribution in [0.5, 0.6) is 5.75 Å². The van der Waals surface area contributed by atoms with Gasteiger partial charge in [0.25, 0.3) is 5.91 Å². The highest BCUT2D eigenvalue weighted by molar-refractivity contribution is 6.30. The van der Waals surface area contributed by atoms with Gasteiger partial charge in [-0.05, 0) is 49.7 Å². The maximum Gasteiger partial charge on any atom is 0.258 e. The fourth-order valence-corrected chi connectivity index (χ4v) is 3.51. The van der Waals surface area contributed by atoms with Gasteiger partial charge in [-0.25, -0.2) is 0 Å². The number of hydrogen-bond acceptors (Lipinski definition) is 3. The first-order valence-electron chi connectivity index (χ1n) is 8.45. The van der Waals surface area contributed by atoms with Gasteiger partial charge >= 0.3 is 0 Å². The lowest BCUT2D eigenvalue weighted by Gasteiger charge is -2.39. The first-order valence-corrected chi connectivity index (χ1v) is 8.83. The monoisotopic (exact) mass is 372 g/mol. The second-order valence-electron chi connectivity index (χ2n) is 6.30. The molecule has 1 aliphatic rings. The lowest BCUT2D eigenvalue weighted by Crippen LogP contribution is -2.58. The molecule has 3 rings (SSSR count). The van der Waals surface area contributed by atoms with E-state index >= 15 is 0 Å². The highest BCUT2D eigenvalue weighted by Gasteiger charge is 2.36. The molecule has 0 saturated carbocycles. The minimum Gasteiger partial charge on any atom is -0.496 e. The van der Waals surface area contributed by atoms with E-state index in [9.17, 15) is 9.59 Å². The van der Waals surface area contributed by atoms with Crippen LogP contribution in [0.2, 0.25) is 5.02 Å². The van der Waals surface area contributed by atoms with E-state index in [0.29, 0.717) is 29.4 Å². The number of rotatable bonds is 3. The molecule has 0 radical (unpaired) electrons. The molecule has 0 bridgehead atoms. The minimum absolute atomic E-state index is 0.107. The molecule has 6 heteroatoms.